The first-order chi connectivity index (χ1) is 64.9. The number of aliphatic carboxylic acids is 3. The second kappa shape index (κ2) is 63.1. The van der Waals surface area contributed by atoms with E-state index >= 15 is 0 Å². The molecule has 45 nitrogen and oxygen atoms in total. The smallest absolute Gasteiger partial charge is 0.326 e. The average Bonchev–Trinajstić information content (AvgIpc) is 0.772. The number of nitrogens with one attached hydrogen (secondary N) is 18. The van der Waals surface area contributed by atoms with Crippen LogP contribution >= 0.6 is 0 Å². The van der Waals surface area contributed by atoms with E-state index in [1.165, 1.54) is 6.92 Å². The minimum atomic E-state index is -1.98. The summed E-state index contributed by atoms with van der Waals surface area (Å²) < 4.78 is 0. The summed E-state index contributed by atoms with van der Waals surface area (Å²) in [5, 5.41) is 91.9. The van der Waals surface area contributed by atoms with E-state index in [2.05, 4.69) is 90.4 Å². The van der Waals surface area contributed by atoms with Gasteiger partial charge in [-0.15, -0.1) is 0 Å². The molecule has 0 heterocycles. The summed E-state index contributed by atoms with van der Waals surface area (Å²) >= 11 is 0. The molecule has 30 N–H and O–H groups in total. The lowest BCUT2D eigenvalue weighted by Crippen LogP contribution is -2.63. The van der Waals surface area contributed by atoms with E-state index < -0.39 is 277 Å². The van der Waals surface area contributed by atoms with Gasteiger partial charge in [-0.05, 0) is 144 Å². The lowest BCUT2D eigenvalue weighted by atomic mass is 9.94. The maximum Gasteiger partial charge on any atom is 0.326 e. The van der Waals surface area contributed by atoms with Crippen LogP contribution in [0.25, 0.3) is 0 Å². The number of unbranched alkanes of at least 4 members (excludes halogenated alkanes) is 2. The van der Waals surface area contributed by atoms with Gasteiger partial charge in [-0.3, -0.25) is 91.7 Å². The maximum atomic E-state index is 14.9. The first-order valence-electron chi connectivity index (χ1n) is 47.4. The third-order valence-corrected chi connectivity index (χ3v) is 23.3. The van der Waals surface area contributed by atoms with Crippen molar-refractivity contribution in [3.63, 3.8) is 0 Å². The van der Waals surface area contributed by atoms with Gasteiger partial charge in [0.15, 0.2) is 5.96 Å². The number of carbonyl (C=O) groups is 19. The third-order valence-electron chi connectivity index (χ3n) is 23.3. The molecule has 138 heavy (non-hydrogen) atoms. The lowest BCUT2D eigenvalue weighted by Gasteiger charge is -2.32. The Bertz CT molecular complexity index is 4340. The van der Waals surface area contributed by atoms with Crippen LogP contribution in [0.4, 0.5) is 0 Å². The van der Waals surface area contributed by atoms with E-state index in [1.54, 1.807) is 158 Å². The maximum absolute atomic E-state index is 14.9. The van der Waals surface area contributed by atoms with Crippen molar-refractivity contribution in [1.82, 2.24) is 90.4 Å². The van der Waals surface area contributed by atoms with E-state index in [9.17, 15) is 112 Å². The van der Waals surface area contributed by atoms with Gasteiger partial charge in [0.1, 0.15) is 90.6 Å². The van der Waals surface area contributed by atoms with Gasteiger partial charge in [-0.2, -0.15) is 0 Å². The Morgan fingerprint density at radius 2 is 0.688 bits per heavy atom. The number of nitrogens with two attached hydrogens (primary N) is 4. The van der Waals surface area contributed by atoms with Gasteiger partial charge >= 0.3 is 17.9 Å². The van der Waals surface area contributed by atoms with Crippen molar-refractivity contribution in [2.75, 3.05) is 26.2 Å². The van der Waals surface area contributed by atoms with Crippen molar-refractivity contribution in [3.8, 4) is 0 Å². The van der Waals surface area contributed by atoms with Crippen LogP contribution in [0.15, 0.2) is 60.7 Å². The second-order valence-corrected chi connectivity index (χ2v) is 36.5. The van der Waals surface area contributed by atoms with Gasteiger partial charge in [0, 0.05) is 25.8 Å². The van der Waals surface area contributed by atoms with Gasteiger partial charge in [-0.25, -0.2) is 4.79 Å². The fraction of sp³-hybridized carbons (Fsp3) is 0.656. The van der Waals surface area contributed by atoms with Gasteiger partial charge < -0.3 is 134 Å². The molecule has 45 heteroatoms. The van der Waals surface area contributed by atoms with E-state index in [-0.39, 0.29) is 89.3 Å². The topological polar surface area (TPSA) is 738 Å². The first kappa shape index (κ1) is 122. The molecule has 0 saturated heterocycles. The highest BCUT2D eigenvalue weighted by molar-refractivity contribution is 6.02. The molecule has 0 aliphatic carbocycles. The number of carboxylic acid groups (broad SMARTS) is 3. The summed E-state index contributed by atoms with van der Waals surface area (Å²) in [7, 11) is 0. The molecular weight excluding hydrogens is 1790 g/mol. The van der Waals surface area contributed by atoms with Crippen molar-refractivity contribution in [1.29, 1.82) is 5.41 Å². The first-order valence-corrected chi connectivity index (χ1v) is 47.4. The fourth-order valence-electron chi connectivity index (χ4n) is 14.3. The van der Waals surface area contributed by atoms with Crippen molar-refractivity contribution in [2.24, 2.45) is 64.4 Å². The number of benzene rings is 2. The molecule has 0 unspecified atom stereocenters. The molecule has 0 aliphatic rings. The molecule has 0 bridgehead atoms. The molecule has 0 radical (unpaired) electrons. The molecule has 774 valence electrons. The normalized spacial score (nSPS) is 15.7. The number of carboxylic acids is 3. The fourth-order valence-corrected chi connectivity index (χ4v) is 14.3. The standard InChI is InChI=1S/C93H154N22O23/c1-17-52(12)73(113-87(132)72(51(10)11)110-85(130)71(50(8)9)111-90(135)75(54(14)19-3)112-83(128)63(43-48(4)5)102-67(117)47-100-78(123)59(96)35-30-42-99-93(97)98)88(133)104-61(38-39-68(118)119)80(125)115-76(56(16)116)91(136)107-64(44-57-31-22-20-23-32-57)81(126)103-60(36-26-28-40-94)79(124)101-55(15)77(122)106-65(45-58-33-24-21-25-34-58)84(129)109-70(49(6)7)86(131)114-74(53(13)18-2)89(134)108-66(46-69(120)121)82(127)105-62(92(137)138)37-27-29-41-95/h20-25,31-34,48-56,59-66,70-76,116H,17-19,26-30,35-47,94-96H2,1-16H3,(H,100,123)(H,101,124)(H,102,117)(H,103,126)(H,104,133)(H,105,127)(H,106,122)(H,107,136)(H,108,134)(H,109,129)(H,110,130)(H,111,135)(H,112,128)(H,113,132)(H,114,131)(H,115,125)(H,118,119)(H,120,121)(H,137,138)(H4,97,98,99)/t52-,53-,54-,55-,56+,59-,60-,61-,62-,63-,64-,65-,66-,70-,71-,72-,73-,74-,75-,76-/m0/s1. The van der Waals surface area contributed by atoms with Crippen LogP contribution in [0.1, 0.15) is 218 Å². The van der Waals surface area contributed by atoms with Crippen LogP contribution in [-0.2, 0) is 104 Å². The number of hydrogen-bond acceptors (Lipinski definition) is 24. The zero-order valence-corrected chi connectivity index (χ0v) is 82.3. The van der Waals surface area contributed by atoms with Gasteiger partial charge in [0.05, 0.1) is 25.1 Å². The molecule has 2 aromatic carbocycles. The molecule has 16 amide bonds. The number of guanidine groups is 1. The predicted octanol–water partition coefficient (Wildman–Crippen LogP) is -2.31. The summed E-state index contributed by atoms with van der Waals surface area (Å²) in [4.78, 5) is 265. The Labute approximate surface area is 807 Å². The monoisotopic (exact) mass is 1950 g/mol. The summed E-state index contributed by atoms with van der Waals surface area (Å²) in [6.45, 7) is 25.7. The Hall–Kier alpha value is -12.5. The van der Waals surface area contributed by atoms with Crippen LogP contribution < -0.4 is 113 Å². The average molecular weight is 1950 g/mol. The van der Waals surface area contributed by atoms with E-state index in [0.29, 0.717) is 43.2 Å². The summed E-state index contributed by atoms with van der Waals surface area (Å²) in [5.41, 5.74) is 23.7. The van der Waals surface area contributed by atoms with Gasteiger partial charge in [0.2, 0.25) is 94.5 Å². The zero-order chi connectivity index (χ0) is 104. The van der Waals surface area contributed by atoms with E-state index in [0.717, 1.165) is 6.92 Å². The molecule has 0 aliphatic heterocycles. The Morgan fingerprint density at radius 3 is 1.10 bits per heavy atom. The number of rotatable bonds is 66. The molecule has 2 rings (SSSR count). The van der Waals surface area contributed by atoms with E-state index in [4.69, 9.17) is 28.3 Å². The molecule has 0 spiro atoms. The van der Waals surface area contributed by atoms with Gasteiger partial charge in [-0.1, -0.05) is 177 Å². The Kier molecular flexibility index (Phi) is 55.5. The highest BCUT2D eigenvalue weighted by atomic mass is 16.4. The predicted molar refractivity (Wildman–Crippen MR) is 512 cm³/mol. The van der Waals surface area contributed by atoms with Crippen LogP contribution in [-0.4, -0.2) is 268 Å². The molecule has 0 aromatic heterocycles. The summed E-state index contributed by atoms with van der Waals surface area (Å²) in [6.07, 6.45) is -2.10. The molecule has 0 saturated carbocycles. The lowest BCUT2D eigenvalue weighted by molar-refractivity contribution is -0.144. The number of aliphatic hydroxyl groups is 1. The summed E-state index contributed by atoms with van der Waals surface area (Å²) in [6, 6.07) is -7.39. The molecular formula is C93H154N22O23. The largest absolute Gasteiger partial charge is 0.481 e. The molecule has 2 aromatic rings. The van der Waals surface area contributed by atoms with Crippen LogP contribution in [0.2, 0.25) is 0 Å². The van der Waals surface area contributed by atoms with Crippen LogP contribution in [0.3, 0.4) is 0 Å². The van der Waals surface area contributed by atoms with Crippen LogP contribution in [0.5, 0.6) is 0 Å². The number of amides is 16. The third kappa shape index (κ3) is 44.3. The second-order valence-electron chi connectivity index (χ2n) is 36.5. The van der Waals surface area contributed by atoms with Crippen molar-refractivity contribution in [3.05, 3.63) is 71.8 Å². The van der Waals surface area contributed by atoms with Gasteiger partial charge in [0.25, 0.3) is 0 Å². The summed E-state index contributed by atoms with van der Waals surface area (Å²) in [5.74, 6) is -23.9. The Balaban J connectivity index is 2.52. The Morgan fingerprint density at radius 1 is 0.348 bits per heavy atom. The minimum Gasteiger partial charge on any atom is -0.481 e. The van der Waals surface area contributed by atoms with Crippen molar-refractivity contribution < 1.29 is 112 Å². The number of aliphatic hydroxyl groups excluding tert-OH is 1. The van der Waals surface area contributed by atoms with Crippen molar-refractivity contribution in [2.45, 2.75) is 323 Å². The SMILES string of the molecule is CC[C@H](C)[C@H](NC(=O)[C@H](CC(C)C)NC(=O)CNC(=O)[C@@H](N)CCCNC(=N)N)C(=O)N[C@H](C(=O)N[C@H](C(=O)N[C@H](C(=O)N[C@@H](CCC(=O)O)C(=O)N[C@H](C(=O)N[C@@H](Cc1ccccc1)C(=O)N[C@@H](CCCCN)C(=O)N[C@@H](C)C(=O)N[C@@H](Cc1ccccc1)C(=O)N[C@H](C(=O)N[C@H](C(=O)N[C@@H](CC(=O)O)C(=O)N[C@@H](CCCCN)C(=O)O)[C@@H](C)CC)C(C)C)[C@@H](C)O)[C@@H](C)CC)C(C)C)C(C)C. The highest BCUT2D eigenvalue weighted by Crippen LogP contribution is 2.20. The molecule has 0 fully saturated rings. The van der Waals surface area contributed by atoms with Crippen LogP contribution in [0, 0.1) is 46.8 Å². The highest BCUT2D eigenvalue weighted by Gasteiger charge is 2.42. The minimum absolute atomic E-state index is 0.0557. The quantitative estimate of drug-likeness (QED) is 0.0188. The van der Waals surface area contributed by atoms with Crippen molar-refractivity contribution >= 4 is 118 Å². The molecule has 20 atom stereocenters. The van der Waals surface area contributed by atoms with E-state index in [1.807, 2.05) is 0 Å². The number of carbonyl (C=O) groups excluding carboxylic acids is 16. The number of hydrogen-bond donors (Lipinski definition) is 26. The zero-order valence-electron chi connectivity index (χ0n) is 82.3.